The van der Waals surface area contributed by atoms with E-state index in [9.17, 15) is 0 Å². The maximum Gasteiger partial charge on any atom is 0.168 e. The molecule has 0 saturated carbocycles. The summed E-state index contributed by atoms with van der Waals surface area (Å²) in [5.74, 6) is 1.64. The fourth-order valence-corrected chi connectivity index (χ4v) is 2.01. The molecular formula is C14H13N3O. The van der Waals surface area contributed by atoms with Crippen LogP contribution in [-0.4, -0.2) is 21.7 Å². The molecule has 3 rings (SSSR count). The molecule has 0 N–H and O–H groups in total. The van der Waals surface area contributed by atoms with Crippen LogP contribution in [-0.2, 0) is 0 Å². The van der Waals surface area contributed by atoms with Crippen molar-refractivity contribution in [2.75, 3.05) is 7.11 Å². The van der Waals surface area contributed by atoms with E-state index in [4.69, 9.17) is 4.74 Å². The molecule has 0 amide bonds. The first-order valence-corrected chi connectivity index (χ1v) is 5.74. The Morgan fingerprint density at radius 3 is 2.72 bits per heavy atom. The van der Waals surface area contributed by atoms with Crippen LogP contribution in [0.3, 0.4) is 0 Å². The third-order valence-electron chi connectivity index (χ3n) is 3.00. The highest BCUT2D eigenvalue weighted by molar-refractivity contribution is 5.63. The predicted octanol–water partition coefficient (Wildman–Crippen LogP) is 2.71. The van der Waals surface area contributed by atoms with E-state index < -0.39 is 0 Å². The Balaban J connectivity index is 2.22. The maximum absolute atomic E-state index is 5.18. The van der Waals surface area contributed by atoms with Gasteiger partial charge in [0.1, 0.15) is 5.75 Å². The number of rotatable bonds is 2. The zero-order valence-electron chi connectivity index (χ0n) is 10.3. The van der Waals surface area contributed by atoms with Crippen LogP contribution in [0.4, 0.5) is 0 Å². The summed E-state index contributed by atoms with van der Waals surface area (Å²) in [7, 11) is 1.64. The summed E-state index contributed by atoms with van der Waals surface area (Å²) in [6.45, 7) is 2.07. The van der Waals surface area contributed by atoms with Crippen molar-refractivity contribution in [1.82, 2.24) is 14.6 Å². The highest BCUT2D eigenvalue weighted by atomic mass is 16.5. The van der Waals surface area contributed by atoms with Crippen LogP contribution in [0.2, 0.25) is 0 Å². The van der Waals surface area contributed by atoms with Crippen LogP contribution >= 0.6 is 0 Å². The fourth-order valence-electron chi connectivity index (χ4n) is 2.01. The van der Waals surface area contributed by atoms with E-state index in [2.05, 4.69) is 29.3 Å². The molecule has 90 valence electrons. The molecule has 3 aromatic rings. The predicted molar refractivity (Wildman–Crippen MR) is 69.7 cm³/mol. The highest BCUT2D eigenvalue weighted by Crippen LogP contribution is 2.23. The van der Waals surface area contributed by atoms with E-state index >= 15 is 0 Å². The average molecular weight is 239 g/mol. The number of benzene rings is 1. The zero-order valence-corrected chi connectivity index (χ0v) is 10.3. The Labute approximate surface area is 105 Å². The molecule has 0 saturated heterocycles. The molecule has 0 atom stereocenters. The summed E-state index contributed by atoms with van der Waals surface area (Å²) in [6.07, 6.45) is 1.93. The Morgan fingerprint density at radius 2 is 1.94 bits per heavy atom. The second-order valence-corrected chi connectivity index (χ2v) is 4.13. The van der Waals surface area contributed by atoms with Gasteiger partial charge >= 0.3 is 0 Å². The van der Waals surface area contributed by atoms with Crippen molar-refractivity contribution in [3.63, 3.8) is 0 Å². The van der Waals surface area contributed by atoms with Crippen LogP contribution in [0.1, 0.15) is 5.56 Å². The first kappa shape index (κ1) is 10.8. The lowest BCUT2D eigenvalue weighted by Crippen LogP contribution is -1.92. The number of fused-ring (bicyclic) bond motifs is 1. The van der Waals surface area contributed by atoms with Crippen molar-refractivity contribution in [3.8, 4) is 17.1 Å². The number of aryl methyl sites for hydroxylation is 1. The Kier molecular flexibility index (Phi) is 2.48. The van der Waals surface area contributed by atoms with Crippen LogP contribution < -0.4 is 4.74 Å². The molecule has 0 aliphatic heterocycles. The molecule has 0 bridgehead atoms. The third kappa shape index (κ3) is 1.62. The molecule has 4 heteroatoms. The van der Waals surface area contributed by atoms with Crippen molar-refractivity contribution < 1.29 is 4.74 Å². The summed E-state index contributed by atoms with van der Waals surface area (Å²) in [5, 5.41) is 8.44. The number of ether oxygens (including phenoxy) is 1. The molecule has 0 fully saturated rings. The summed E-state index contributed by atoms with van der Waals surface area (Å²) in [5.41, 5.74) is 3.06. The molecule has 2 aromatic heterocycles. The van der Waals surface area contributed by atoms with Crippen molar-refractivity contribution in [3.05, 3.63) is 48.2 Å². The lowest BCUT2D eigenvalue weighted by Gasteiger charge is -2.04. The zero-order chi connectivity index (χ0) is 12.5. The van der Waals surface area contributed by atoms with Gasteiger partial charge in [0, 0.05) is 17.8 Å². The number of methoxy groups -OCH3 is 1. The van der Waals surface area contributed by atoms with Crippen molar-refractivity contribution in [2.45, 2.75) is 6.92 Å². The molecular weight excluding hydrogens is 226 g/mol. The van der Waals surface area contributed by atoms with Gasteiger partial charge in [-0.2, -0.15) is 0 Å². The maximum atomic E-state index is 5.18. The Hall–Kier alpha value is -2.36. The van der Waals surface area contributed by atoms with E-state index in [-0.39, 0.29) is 0 Å². The van der Waals surface area contributed by atoms with Gasteiger partial charge in [0.25, 0.3) is 0 Å². The van der Waals surface area contributed by atoms with Crippen LogP contribution in [0.25, 0.3) is 17.0 Å². The largest absolute Gasteiger partial charge is 0.497 e. The first-order chi connectivity index (χ1) is 8.79. The SMILES string of the molecule is COc1ccn2c(-c3ccccc3C)nnc2c1. The summed E-state index contributed by atoms with van der Waals surface area (Å²) in [6, 6.07) is 11.9. The molecule has 0 unspecified atom stereocenters. The van der Waals surface area contributed by atoms with Gasteiger partial charge in [-0.05, 0) is 18.6 Å². The molecule has 1 aromatic carbocycles. The number of aromatic nitrogens is 3. The Bertz CT molecular complexity index is 703. The monoisotopic (exact) mass is 239 g/mol. The standard InChI is InChI=1S/C14H13N3O/c1-10-5-3-4-6-12(10)14-16-15-13-9-11(18-2)7-8-17(13)14/h3-9H,1-2H3. The smallest absolute Gasteiger partial charge is 0.168 e. The van der Waals surface area contributed by atoms with Crippen molar-refractivity contribution >= 4 is 5.65 Å². The lowest BCUT2D eigenvalue weighted by atomic mass is 10.1. The summed E-state index contributed by atoms with van der Waals surface area (Å²) in [4.78, 5) is 0. The van der Waals surface area contributed by atoms with Crippen molar-refractivity contribution in [2.24, 2.45) is 0 Å². The quantitative estimate of drug-likeness (QED) is 0.690. The van der Waals surface area contributed by atoms with Gasteiger partial charge < -0.3 is 4.74 Å². The minimum atomic E-state index is 0.784. The lowest BCUT2D eigenvalue weighted by molar-refractivity contribution is 0.414. The molecule has 0 aliphatic rings. The van der Waals surface area contributed by atoms with Gasteiger partial charge in [0.15, 0.2) is 11.5 Å². The molecule has 0 spiro atoms. The van der Waals surface area contributed by atoms with Gasteiger partial charge in [0.2, 0.25) is 0 Å². The minimum absolute atomic E-state index is 0.784. The van der Waals surface area contributed by atoms with Gasteiger partial charge in [0.05, 0.1) is 7.11 Å². The van der Waals surface area contributed by atoms with E-state index in [1.54, 1.807) is 7.11 Å². The molecule has 18 heavy (non-hydrogen) atoms. The third-order valence-corrected chi connectivity index (χ3v) is 3.00. The minimum Gasteiger partial charge on any atom is -0.497 e. The first-order valence-electron chi connectivity index (χ1n) is 5.74. The number of pyridine rings is 1. The Morgan fingerprint density at radius 1 is 1.11 bits per heavy atom. The highest BCUT2D eigenvalue weighted by Gasteiger charge is 2.10. The second-order valence-electron chi connectivity index (χ2n) is 4.13. The molecule has 0 aliphatic carbocycles. The summed E-state index contributed by atoms with van der Waals surface area (Å²) >= 11 is 0. The second kappa shape index (κ2) is 4.14. The van der Waals surface area contributed by atoms with Crippen LogP contribution in [0, 0.1) is 6.92 Å². The van der Waals surface area contributed by atoms with Gasteiger partial charge in [-0.15, -0.1) is 10.2 Å². The number of nitrogens with zero attached hydrogens (tertiary/aromatic N) is 3. The topological polar surface area (TPSA) is 39.4 Å². The van der Waals surface area contributed by atoms with E-state index in [1.165, 1.54) is 5.56 Å². The number of hydrogen-bond donors (Lipinski definition) is 0. The normalized spacial score (nSPS) is 10.8. The number of hydrogen-bond acceptors (Lipinski definition) is 3. The van der Waals surface area contributed by atoms with Crippen LogP contribution in [0.5, 0.6) is 5.75 Å². The van der Waals surface area contributed by atoms with Crippen LogP contribution in [0.15, 0.2) is 42.6 Å². The van der Waals surface area contributed by atoms with Gasteiger partial charge in [-0.1, -0.05) is 24.3 Å². The van der Waals surface area contributed by atoms with Crippen molar-refractivity contribution in [1.29, 1.82) is 0 Å². The molecule has 2 heterocycles. The molecule has 0 radical (unpaired) electrons. The molecule has 4 nitrogen and oxygen atoms in total. The van der Waals surface area contributed by atoms with Gasteiger partial charge in [-0.25, -0.2) is 0 Å². The van der Waals surface area contributed by atoms with E-state index in [0.717, 1.165) is 22.8 Å². The van der Waals surface area contributed by atoms with E-state index in [1.807, 2.05) is 34.9 Å². The summed E-state index contributed by atoms with van der Waals surface area (Å²) < 4.78 is 7.14. The fraction of sp³-hybridized carbons (Fsp3) is 0.143. The average Bonchev–Trinajstić information content (AvgIpc) is 2.82. The van der Waals surface area contributed by atoms with E-state index in [0.29, 0.717) is 0 Å². The van der Waals surface area contributed by atoms with Gasteiger partial charge in [-0.3, -0.25) is 4.40 Å².